The minimum absolute atomic E-state index is 0.00256. The second kappa shape index (κ2) is 9.25. The van der Waals surface area contributed by atoms with Crippen LogP contribution in [0.5, 0.6) is 0 Å². The summed E-state index contributed by atoms with van der Waals surface area (Å²) in [6.07, 6.45) is 4.69. The van der Waals surface area contributed by atoms with Crippen molar-refractivity contribution in [3.8, 4) is 5.69 Å². The Balaban J connectivity index is 1.47. The van der Waals surface area contributed by atoms with Gasteiger partial charge in [-0.1, -0.05) is 30.3 Å². The molecule has 0 spiro atoms. The molecule has 7 nitrogen and oxygen atoms in total. The summed E-state index contributed by atoms with van der Waals surface area (Å²) >= 11 is 0. The van der Waals surface area contributed by atoms with Crippen molar-refractivity contribution in [3.05, 3.63) is 108 Å². The quantitative estimate of drug-likeness (QED) is 0.451. The van der Waals surface area contributed by atoms with E-state index >= 15 is 0 Å². The molecule has 0 aliphatic rings. The molecule has 1 amide bonds. The number of hydrogen-bond donors (Lipinski definition) is 1. The highest BCUT2D eigenvalue weighted by atomic mass is 32.2. The van der Waals surface area contributed by atoms with E-state index in [-0.39, 0.29) is 17.0 Å². The van der Waals surface area contributed by atoms with E-state index in [4.69, 9.17) is 0 Å². The van der Waals surface area contributed by atoms with E-state index in [1.807, 2.05) is 0 Å². The van der Waals surface area contributed by atoms with Crippen molar-refractivity contribution in [3.63, 3.8) is 0 Å². The molecular formula is C24H21FN4O3S. The van der Waals surface area contributed by atoms with Gasteiger partial charge in [0.1, 0.15) is 5.82 Å². The van der Waals surface area contributed by atoms with Gasteiger partial charge in [0.05, 0.1) is 22.6 Å². The molecule has 0 radical (unpaired) electrons. The second-order valence-corrected chi connectivity index (χ2v) is 9.24. The van der Waals surface area contributed by atoms with E-state index in [1.54, 1.807) is 59.4 Å². The standard InChI is InChI=1S/C24H21FN4O3S/c1-28(20-7-3-2-4-8-20)33(31,32)21-9-5-6-19(15-21)24(30)27-16-18-10-11-23(22(25)14-18)29-13-12-26-17-29/h2-15,17H,16H2,1H3,(H,27,30). The average Bonchev–Trinajstić information content (AvgIpc) is 3.37. The molecule has 0 fully saturated rings. The summed E-state index contributed by atoms with van der Waals surface area (Å²) in [5, 5.41) is 2.70. The molecule has 1 N–H and O–H groups in total. The summed E-state index contributed by atoms with van der Waals surface area (Å²) in [4.78, 5) is 16.5. The van der Waals surface area contributed by atoms with E-state index in [9.17, 15) is 17.6 Å². The lowest BCUT2D eigenvalue weighted by molar-refractivity contribution is 0.0950. The first-order valence-electron chi connectivity index (χ1n) is 10.1. The lowest BCUT2D eigenvalue weighted by atomic mass is 10.1. The van der Waals surface area contributed by atoms with Crippen molar-refractivity contribution in [2.45, 2.75) is 11.4 Å². The number of carbonyl (C=O) groups is 1. The number of nitrogens with zero attached hydrogens (tertiary/aromatic N) is 3. The van der Waals surface area contributed by atoms with E-state index in [2.05, 4.69) is 10.3 Å². The summed E-state index contributed by atoms with van der Waals surface area (Å²) in [5.41, 5.74) is 1.61. The van der Waals surface area contributed by atoms with Crippen LogP contribution in [0.1, 0.15) is 15.9 Å². The van der Waals surface area contributed by atoms with Gasteiger partial charge in [-0.05, 0) is 48.0 Å². The predicted octanol–water partition coefficient (Wildman–Crippen LogP) is 3.77. The summed E-state index contributed by atoms with van der Waals surface area (Å²) in [6, 6.07) is 19.1. The highest BCUT2D eigenvalue weighted by molar-refractivity contribution is 7.92. The van der Waals surface area contributed by atoms with Crippen LogP contribution in [0, 0.1) is 5.82 Å². The van der Waals surface area contributed by atoms with Gasteiger partial charge in [-0.3, -0.25) is 9.10 Å². The second-order valence-electron chi connectivity index (χ2n) is 7.27. The molecule has 4 aromatic rings. The SMILES string of the molecule is CN(c1ccccc1)S(=O)(=O)c1cccc(C(=O)NCc2ccc(-n3ccnc3)c(F)c2)c1. The molecule has 33 heavy (non-hydrogen) atoms. The van der Waals surface area contributed by atoms with Gasteiger partial charge in [0.2, 0.25) is 0 Å². The smallest absolute Gasteiger partial charge is 0.264 e. The van der Waals surface area contributed by atoms with Crippen LogP contribution in [0.25, 0.3) is 5.69 Å². The van der Waals surface area contributed by atoms with E-state index in [1.165, 1.54) is 43.7 Å². The normalized spacial score (nSPS) is 11.2. The largest absolute Gasteiger partial charge is 0.348 e. The zero-order chi connectivity index (χ0) is 23.4. The molecule has 168 valence electrons. The molecule has 0 atom stereocenters. The topological polar surface area (TPSA) is 84.3 Å². The van der Waals surface area contributed by atoms with E-state index in [0.717, 1.165) is 4.31 Å². The fraction of sp³-hybridized carbons (Fsp3) is 0.0833. The molecule has 0 saturated heterocycles. The van der Waals surface area contributed by atoms with Gasteiger partial charge in [0.15, 0.2) is 0 Å². The number of nitrogens with one attached hydrogen (secondary N) is 1. The Morgan fingerprint density at radius 2 is 1.85 bits per heavy atom. The van der Waals surface area contributed by atoms with E-state index < -0.39 is 21.7 Å². The summed E-state index contributed by atoms with van der Waals surface area (Å²) in [5.74, 6) is -0.912. The zero-order valence-corrected chi connectivity index (χ0v) is 18.5. The number of aromatic nitrogens is 2. The number of carbonyl (C=O) groups excluding carboxylic acids is 1. The third kappa shape index (κ3) is 4.78. The number of rotatable bonds is 7. The number of halogens is 1. The number of amides is 1. The Kier molecular flexibility index (Phi) is 6.23. The van der Waals surface area contributed by atoms with Crippen molar-refractivity contribution in [2.24, 2.45) is 0 Å². The fourth-order valence-corrected chi connectivity index (χ4v) is 4.53. The average molecular weight is 465 g/mol. The predicted molar refractivity (Wildman–Crippen MR) is 123 cm³/mol. The molecule has 0 aliphatic carbocycles. The summed E-state index contributed by atoms with van der Waals surface area (Å²) < 4.78 is 43.1. The zero-order valence-electron chi connectivity index (χ0n) is 17.7. The lowest BCUT2D eigenvalue weighted by Crippen LogP contribution is -2.27. The summed E-state index contributed by atoms with van der Waals surface area (Å²) in [7, 11) is -2.39. The van der Waals surface area contributed by atoms with E-state index in [0.29, 0.717) is 16.9 Å². The Bertz CT molecular complexity index is 1370. The third-order valence-electron chi connectivity index (χ3n) is 5.12. The molecular weight excluding hydrogens is 443 g/mol. The molecule has 9 heteroatoms. The van der Waals surface area contributed by atoms with Gasteiger partial charge in [-0.2, -0.15) is 0 Å². The van der Waals surface area contributed by atoms with Gasteiger partial charge in [-0.15, -0.1) is 0 Å². The molecule has 0 aliphatic heterocycles. The minimum Gasteiger partial charge on any atom is -0.348 e. The Hall–Kier alpha value is -3.98. The van der Waals surface area contributed by atoms with Crippen LogP contribution in [-0.2, 0) is 16.6 Å². The minimum atomic E-state index is -3.85. The van der Waals surface area contributed by atoms with Crippen molar-refractivity contribution in [2.75, 3.05) is 11.4 Å². The number of para-hydroxylation sites is 1. The summed E-state index contributed by atoms with van der Waals surface area (Å²) in [6.45, 7) is 0.0842. The maximum Gasteiger partial charge on any atom is 0.264 e. The molecule has 0 saturated carbocycles. The first-order chi connectivity index (χ1) is 15.9. The first kappa shape index (κ1) is 22.2. The van der Waals surface area contributed by atoms with Crippen molar-refractivity contribution in [1.29, 1.82) is 0 Å². The maximum absolute atomic E-state index is 14.4. The molecule has 4 rings (SSSR count). The first-order valence-corrected chi connectivity index (χ1v) is 11.5. The van der Waals surface area contributed by atoms with Crippen LogP contribution in [0.15, 0.2) is 96.4 Å². The van der Waals surface area contributed by atoms with Gasteiger partial charge in [-0.25, -0.2) is 17.8 Å². The number of hydrogen-bond acceptors (Lipinski definition) is 4. The number of sulfonamides is 1. The van der Waals surface area contributed by atoms with Gasteiger partial charge >= 0.3 is 0 Å². The maximum atomic E-state index is 14.4. The molecule has 0 bridgehead atoms. The van der Waals surface area contributed by atoms with Crippen LogP contribution in [0.3, 0.4) is 0 Å². The van der Waals surface area contributed by atoms with Crippen LogP contribution < -0.4 is 9.62 Å². The Morgan fingerprint density at radius 1 is 1.06 bits per heavy atom. The van der Waals surface area contributed by atoms with Crippen LogP contribution in [0.4, 0.5) is 10.1 Å². The molecule has 1 aromatic heterocycles. The monoisotopic (exact) mass is 464 g/mol. The highest BCUT2D eigenvalue weighted by Crippen LogP contribution is 2.22. The molecule has 3 aromatic carbocycles. The van der Waals surface area contributed by atoms with Gasteiger partial charge in [0.25, 0.3) is 15.9 Å². The van der Waals surface area contributed by atoms with Gasteiger partial charge < -0.3 is 9.88 Å². The number of benzene rings is 3. The van der Waals surface area contributed by atoms with Crippen LogP contribution in [-0.4, -0.2) is 30.9 Å². The Labute approximate surface area is 191 Å². The van der Waals surface area contributed by atoms with Crippen molar-refractivity contribution >= 4 is 21.6 Å². The van der Waals surface area contributed by atoms with Gasteiger partial charge in [0, 0.05) is 31.5 Å². The lowest BCUT2D eigenvalue weighted by Gasteiger charge is -2.19. The molecule has 1 heterocycles. The van der Waals surface area contributed by atoms with Crippen molar-refractivity contribution < 1.29 is 17.6 Å². The number of imidazole rings is 1. The number of anilines is 1. The van der Waals surface area contributed by atoms with Crippen molar-refractivity contribution in [1.82, 2.24) is 14.9 Å². The fourth-order valence-electron chi connectivity index (χ4n) is 3.29. The van der Waals surface area contributed by atoms with Crippen LogP contribution in [0.2, 0.25) is 0 Å². The Morgan fingerprint density at radius 3 is 2.55 bits per heavy atom. The van der Waals surface area contributed by atoms with Crippen LogP contribution >= 0.6 is 0 Å². The molecule has 0 unspecified atom stereocenters. The highest BCUT2D eigenvalue weighted by Gasteiger charge is 2.22. The third-order valence-corrected chi connectivity index (χ3v) is 6.90.